The fraction of sp³-hybridized carbons (Fsp3) is 0.500. The lowest BCUT2D eigenvalue weighted by Crippen LogP contribution is -2.24. The van der Waals surface area contributed by atoms with Gasteiger partial charge in [0.2, 0.25) is 12.2 Å². The Morgan fingerprint density at radius 3 is 2.92 bits per heavy atom. The molecule has 0 aliphatic rings. The van der Waals surface area contributed by atoms with Gasteiger partial charge in [-0.2, -0.15) is 0 Å². The molecule has 4 nitrogen and oxygen atoms in total. The topological polar surface area (TPSA) is 41.9 Å². The van der Waals surface area contributed by atoms with Crippen molar-refractivity contribution in [2.45, 2.75) is 13.5 Å². The lowest BCUT2D eigenvalue weighted by Gasteiger charge is -2.00. The molecule has 0 unspecified atom stereocenters. The minimum absolute atomic E-state index is 0.300. The maximum atomic E-state index is 7.38. The Hall–Kier alpha value is -1.32. The van der Waals surface area contributed by atoms with Crippen LogP contribution in [-0.2, 0) is 18.3 Å². The zero-order valence-electron chi connectivity index (χ0n) is 7.45. The maximum absolute atomic E-state index is 7.38. The molecule has 0 aromatic carbocycles. The lowest BCUT2D eigenvalue weighted by atomic mass is 10.6. The minimum atomic E-state index is 0.300. The van der Waals surface area contributed by atoms with Crippen LogP contribution in [0, 0.1) is 5.41 Å². The molecule has 0 aliphatic heterocycles. The van der Waals surface area contributed by atoms with Crippen LogP contribution in [0.5, 0.6) is 0 Å². The van der Waals surface area contributed by atoms with Gasteiger partial charge in [0, 0.05) is 0 Å². The molecule has 1 heterocycles. The fourth-order valence-corrected chi connectivity index (χ4v) is 0.981. The van der Waals surface area contributed by atoms with Gasteiger partial charge < -0.3 is 4.74 Å². The third-order valence-corrected chi connectivity index (χ3v) is 1.47. The Bertz CT molecular complexity index is 267. The maximum Gasteiger partial charge on any atom is 0.243 e. The molecule has 1 aromatic rings. The molecule has 0 atom stereocenters. The molecule has 1 rings (SSSR count). The van der Waals surface area contributed by atoms with E-state index in [-0.39, 0.29) is 0 Å². The van der Waals surface area contributed by atoms with Gasteiger partial charge in [-0.1, -0.05) is 0 Å². The van der Waals surface area contributed by atoms with Crippen molar-refractivity contribution in [1.82, 2.24) is 4.57 Å². The molecule has 0 radical (unpaired) electrons. The summed E-state index contributed by atoms with van der Waals surface area (Å²) < 4.78 is 8.84. The molecule has 12 heavy (non-hydrogen) atoms. The zero-order valence-corrected chi connectivity index (χ0v) is 7.45. The Labute approximate surface area is 71.9 Å². The van der Waals surface area contributed by atoms with Crippen molar-refractivity contribution in [1.29, 1.82) is 5.41 Å². The average molecular weight is 168 g/mol. The predicted octanol–water partition coefficient (Wildman–Crippen LogP) is 0.326. The van der Waals surface area contributed by atoms with E-state index >= 15 is 0 Å². The number of ether oxygens (including phenoxy) is 1. The smallest absolute Gasteiger partial charge is 0.243 e. The fourth-order valence-electron chi connectivity index (χ4n) is 0.981. The highest BCUT2D eigenvalue weighted by atomic mass is 16.5. The van der Waals surface area contributed by atoms with Crippen molar-refractivity contribution >= 4 is 5.90 Å². The summed E-state index contributed by atoms with van der Waals surface area (Å²) in [5, 5.41) is 7.38. The first-order valence-corrected chi connectivity index (χ1v) is 3.93. The summed E-state index contributed by atoms with van der Waals surface area (Å²) in [6.45, 7) is 2.95. The SMILES string of the molecule is CCOC(=N)Cn1cc[n+](C)c1. The Kier molecular flexibility index (Phi) is 2.85. The van der Waals surface area contributed by atoms with Crippen LogP contribution in [-0.4, -0.2) is 17.1 Å². The van der Waals surface area contributed by atoms with Gasteiger partial charge in [-0.05, 0) is 6.92 Å². The molecule has 0 fully saturated rings. The Morgan fingerprint density at radius 2 is 2.42 bits per heavy atom. The predicted molar refractivity (Wildman–Crippen MR) is 45.0 cm³/mol. The van der Waals surface area contributed by atoms with Crippen molar-refractivity contribution in [2.24, 2.45) is 7.05 Å². The normalized spacial score (nSPS) is 9.83. The van der Waals surface area contributed by atoms with E-state index in [1.165, 1.54) is 0 Å². The molecule has 1 N–H and O–H groups in total. The summed E-state index contributed by atoms with van der Waals surface area (Å²) in [4.78, 5) is 0. The number of aromatic nitrogens is 2. The second-order valence-corrected chi connectivity index (χ2v) is 2.61. The van der Waals surface area contributed by atoms with Crippen LogP contribution < -0.4 is 4.57 Å². The number of hydrogen-bond donors (Lipinski definition) is 1. The summed E-state index contributed by atoms with van der Waals surface area (Å²) in [6.07, 6.45) is 5.75. The van der Waals surface area contributed by atoms with Gasteiger partial charge in [0.1, 0.15) is 12.4 Å². The van der Waals surface area contributed by atoms with Crippen LogP contribution in [0.4, 0.5) is 0 Å². The molecule has 0 saturated heterocycles. The van der Waals surface area contributed by atoms with E-state index in [1.807, 2.05) is 41.8 Å². The van der Waals surface area contributed by atoms with Crippen LogP contribution in [0.3, 0.4) is 0 Å². The lowest BCUT2D eigenvalue weighted by molar-refractivity contribution is -0.671. The molecule has 4 heteroatoms. The second-order valence-electron chi connectivity index (χ2n) is 2.61. The summed E-state index contributed by atoms with van der Waals surface area (Å²) in [7, 11) is 1.95. The van der Waals surface area contributed by atoms with E-state index in [1.54, 1.807) is 0 Å². The van der Waals surface area contributed by atoms with Gasteiger partial charge >= 0.3 is 0 Å². The Balaban J connectivity index is 2.46. The number of nitrogens with one attached hydrogen (secondary N) is 1. The van der Waals surface area contributed by atoms with Gasteiger partial charge in [0.25, 0.3) is 0 Å². The van der Waals surface area contributed by atoms with Crippen LogP contribution in [0.15, 0.2) is 18.7 Å². The van der Waals surface area contributed by atoms with Crippen molar-refractivity contribution in [3.8, 4) is 0 Å². The highest BCUT2D eigenvalue weighted by Gasteiger charge is 2.03. The largest absolute Gasteiger partial charge is 0.479 e. The summed E-state index contributed by atoms with van der Waals surface area (Å²) in [6, 6.07) is 0. The van der Waals surface area contributed by atoms with E-state index in [2.05, 4.69) is 0 Å². The van der Waals surface area contributed by atoms with Gasteiger partial charge in [0.15, 0.2) is 6.54 Å². The highest BCUT2D eigenvalue weighted by Crippen LogP contribution is 1.87. The molecular formula is C8H14N3O+. The first-order chi connectivity index (χ1) is 5.72. The van der Waals surface area contributed by atoms with Gasteiger partial charge in [-0.3, -0.25) is 5.41 Å². The van der Waals surface area contributed by atoms with Crippen molar-refractivity contribution in [3.63, 3.8) is 0 Å². The van der Waals surface area contributed by atoms with Crippen LogP contribution in [0.1, 0.15) is 6.92 Å². The van der Waals surface area contributed by atoms with E-state index in [4.69, 9.17) is 10.1 Å². The molecular weight excluding hydrogens is 154 g/mol. The first-order valence-electron chi connectivity index (χ1n) is 3.93. The van der Waals surface area contributed by atoms with E-state index in [0.29, 0.717) is 19.0 Å². The average Bonchev–Trinajstić information content (AvgIpc) is 2.36. The molecule has 0 saturated carbocycles. The summed E-state index contributed by atoms with van der Waals surface area (Å²) in [5.74, 6) is 0.300. The van der Waals surface area contributed by atoms with Gasteiger partial charge in [-0.25, -0.2) is 9.13 Å². The molecule has 66 valence electrons. The van der Waals surface area contributed by atoms with Crippen molar-refractivity contribution in [2.75, 3.05) is 6.61 Å². The number of nitrogens with zero attached hydrogens (tertiary/aromatic N) is 2. The Morgan fingerprint density at radius 1 is 1.67 bits per heavy atom. The third-order valence-electron chi connectivity index (χ3n) is 1.47. The summed E-state index contributed by atoms with van der Waals surface area (Å²) in [5.41, 5.74) is 0. The first kappa shape index (κ1) is 8.77. The second kappa shape index (κ2) is 3.90. The monoisotopic (exact) mass is 168 g/mol. The van der Waals surface area contributed by atoms with Crippen LogP contribution in [0.25, 0.3) is 0 Å². The zero-order chi connectivity index (χ0) is 8.97. The highest BCUT2D eigenvalue weighted by molar-refractivity contribution is 5.72. The minimum Gasteiger partial charge on any atom is -0.479 e. The number of hydrogen-bond acceptors (Lipinski definition) is 2. The van der Waals surface area contributed by atoms with Crippen LogP contribution >= 0.6 is 0 Å². The van der Waals surface area contributed by atoms with Crippen molar-refractivity contribution < 1.29 is 9.30 Å². The quantitative estimate of drug-likeness (QED) is 0.394. The van der Waals surface area contributed by atoms with E-state index in [9.17, 15) is 0 Å². The molecule has 0 aliphatic carbocycles. The van der Waals surface area contributed by atoms with Gasteiger partial charge in [0.05, 0.1) is 13.7 Å². The van der Waals surface area contributed by atoms with Gasteiger partial charge in [-0.15, -0.1) is 0 Å². The van der Waals surface area contributed by atoms with E-state index in [0.717, 1.165) is 0 Å². The van der Waals surface area contributed by atoms with Crippen molar-refractivity contribution in [3.05, 3.63) is 18.7 Å². The summed E-state index contributed by atoms with van der Waals surface area (Å²) >= 11 is 0. The number of rotatable bonds is 3. The number of aryl methyl sites for hydroxylation is 1. The number of imidazole rings is 1. The van der Waals surface area contributed by atoms with Crippen LogP contribution in [0.2, 0.25) is 0 Å². The van der Waals surface area contributed by atoms with E-state index < -0.39 is 0 Å². The molecule has 0 bridgehead atoms. The molecule has 0 amide bonds. The standard InChI is InChI=1S/C8H14N3O/c1-3-12-8(9)6-11-5-4-10(2)7-11/h4-5,7,9H,3,6H2,1-2H3/q+1. The molecule has 0 spiro atoms. The third kappa shape index (κ3) is 2.38. The molecule has 1 aromatic heterocycles.